The Kier molecular flexibility index (Phi) is 5.56. The molecule has 8 nitrogen and oxygen atoms in total. The second-order valence-electron chi connectivity index (χ2n) is 5.27. The van der Waals surface area contributed by atoms with E-state index < -0.39 is 16.7 Å². The van der Waals surface area contributed by atoms with Gasteiger partial charge in [0.15, 0.2) is 0 Å². The Hall–Kier alpha value is -3.13. The van der Waals surface area contributed by atoms with Gasteiger partial charge in [-0.15, -0.1) is 0 Å². The molecule has 0 saturated heterocycles. The Labute approximate surface area is 148 Å². The normalized spacial score (nSPS) is 10.0. The number of benzene rings is 2. The Morgan fingerprint density at radius 2 is 1.64 bits per heavy atom. The maximum Gasteiger partial charge on any atom is 0.314 e. The third-order valence-corrected chi connectivity index (χ3v) is 3.59. The molecule has 0 spiro atoms. The van der Waals surface area contributed by atoms with Crippen LogP contribution in [0.25, 0.3) is 0 Å². The minimum absolute atomic E-state index is 0.0148. The molecule has 0 radical (unpaired) electrons. The molecular weight excluding hydrogens is 348 g/mol. The second-order valence-corrected chi connectivity index (χ2v) is 5.68. The highest BCUT2D eigenvalue weighted by Crippen LogP contribution is 2.26. The summed E-state index contributed by atoms with van der Waals surface area (Å²) in [6, 6.07) is 10.4. The van der Waals surface area contributed by atoms with Crippen LogP contribution in [0.1, 0.15) is 0 Å². The molecule has 0 aliphatic carbocycles. The van der Waals surface area contributed by atoms with Gasteiger partial charge in [0, 0.05) is 37.6 Å². The van der Waals surface area contributed by atoms with E-state index >= 15 is 0 Å². The number of nitrogens with zero attached hydrogens (tertiary/aromatic N) is 2. The van der Waals surface area contributed by atoms with Gasteiger partial charge in [-0.1, -0.05) is 11.6 Å². The zero-order chi connectivity index (χ0) is 18.6. The molecule has 0 aromatic heterocycles. The Morgan fingerprint density at radius 3 is 2.20 bits per heavy atom. The monoisotopic (exact) mass is 362 g/mol. The minimum Gasteiger partial charge on any atom is -0.378 e. The lowest BCUT2D eigenvalue weighted by Crippen LogP contribution is -2.29. The smallest absolute Gasteiger partial charge is 0.314 e. The fourth-order valence-electron chi connectivity index (χ4n) is 1.93. The van der Waals surface area contributed by atoms with Crippen LogP contribution in [0.5, 0.6) is 0 Å². The molecular formula is C16H15ClN4O4. The Bertz CT molecular complexity index is 821. The van der Waals surface area contributed by atoms with Crippen molar-refractivity contribution in [3.8, 4) is 0 Å². The van der Waals surface area contributed by atoms with E-state index in [-0.39, 0.29) is 16.4 Å². The molecule has 0 aliphatic rings. The number of hydrogen-bond donors (Lipinski definition) is 2. The van der Waals surface area contributed by atoms with Crippen molar-refractivity contribution in [2.24, 2.45) is 0 Å². The molecule has 2 aromatic rings. The fourth-order valence-corrected chi connectivity index (χ4v) is 2.10. The molecule has 2 rings (SSSR count). The van der Waals surface area contributed by atoms with Crippen LogP contribution in [0.2, 0.25) is 5.02 Å². The van der Waals surface area contributed by atoms with Crippen LogP contribution >= 0.6 is 11.6 Å². The number of carbonyl (C=O) groups excluding carboxylic acids is 2. The average Bonchev–Trinajstić information content (AvgIpc) is 2.57. The topological polar surface area (TPSA) is 105 Å². The summed E-state index contributed by atoms with van der Waals surface area (Å²) in [5, 5.41) is 15.6. The number of nitro groups is 1. The predicted octanol–water partition coefficient (Wildman–Crippen LogP) is 2.89. The molecule has 2 aromatic carbocycles. The molecule has 0 unspecified atom stereocenters. The van der Waals surface area contributed by atoms with E-state index in [0.717, 1.165) is 11.8 Å². The van der Waals surface area contributed by atoms with E-state index in [1.54, 1.807) is 24.3 Å². The van der Waals surface area contributed by atoms with Crippen LogP contribution in [0, 0.1) is 10.1 Å². The lowest BCUT2D eigenvalue weighted by molar-refractivity contribution is -0.384. The van der Waals surface area contributed by atoms with Gasteiger partial charge < -0.3 is 15.5 Å². The van der Waals surface area contributed by atoms with Gasteiger partial charge in [-0.05, 0) is 30.3 Å². The van der Waals surface area contributed by atoms with Crippen LogP contribution in [0.4, 0.5) is 22.7 Å². The number of halogens is 1. The molecule has 0 aliphatic heterocycles. The number of anilines is 3. The van der Waals surface area contributed by atoms with Crippen LogP contribution in [0.15, 0.2) is 42.5 Å². The summed E-state index contributed by atoms with van der Waals surface area (Å²) in [7, 11) is 3.76. The zero-order valence-corrected chi connectivity index (χ0v) is 14.2. The van der Waals surface area contributed by atoms with Gasteiger partial charge in [0.25, 0.3) is 5.69 Å². The van der Waals surface area contributed by atoms with Crippen molar-refractivity contribution in [1.82, 2.24) is 0 Å². The van der Waals surface area contributed by atoms with Crippen LogP contribution in [-0.2, 0) is 9.59 Å². The third kappa shape index (κ3) is 4.67. The van der Waals surface area contributed by atoms with Crippen molar-refractivity contribution in [3.05, 3.63) is 57.6 Å². The van der Waals surface area contributed by atoms with Crippen molar-refractivity contribution < 1.29 is 14.5 Å². The van der Waals surface area contributed by atoms with Gasteiger partial charge in [0.1, 0.15) is 0 Å². The van der Waals surface area contributed by atoms with Gasteiger partial charge in [-0.3, -0.25) is 19.7 Å². The van der Waals surface area contributed by atoms with Gasteiger partial charge in [-0.25, -0.2) is 0 Å². The molecule has 0 fully saturated rings. The van der Waals surface area contributed by atoms with E-state index in [0.29, 0.717) is 5.69 Å². The third-order valence-electron chi connectivity index (χ3n) is 3.26. The molecule has 130 valence electrons. The first-order valence-corrected chi connectivity index (χ1v) is 7.49. The number of amides is 2. The molecule has 0 saturated carbocycles. The van der Waals surface area contributed by atoms with E-state index in [1.165, 1.54) is 12.1 Å². The first kappa shape index (κ1) is 18.2. The lowest BCUT2D eigenvalue weighted by atomic mass is 10.2. The SMILES string of the molecule is CN(C)c1ccc(NC(=O)C(=O)Nc2cc([N+](=O)[O-])ccc2Cl)cc1. The summed E-state index contributed by atoms with van der Waals surface area (Å²) >= 11 is 5.88. The molecule has 2 amide bonds. The summed E-state index contributed by atoms with van der Waals surface area (Å²) in [5.41, 5.74) is 1.11. The van der Waals surface area contributed by atoms with Crippen LogP contribution < -0.4 is 15.5 Å². The summed E-state index contributed by atoms with van der Waals surface area (Å²) < 4.78 is 0. The summed E-state index contributed by atoms with van der Waals surface area (Å²) in [5.74, 6) is -1.90. The quantitative estimate of drug-likeness (QED) is 0.494. The average molecular weight is 363 g/mol. The highest BCUT2D eigenvalue weighted by atomic mass is 35.5. The van der Waals surface area contributed by atoms with E-state index in [4.69, 9.17) is 11.6 Å². The van der Waals surface area contributed by atoms with Crippen molar-refractivity contribution in [2.75, 3.05) is 29.6 Å². The maximum atomic E-state index is 12.0. The van der Waals surface area contributed by atoms with Crippen LogP contribution in [-0.4, -0.2) is 30.8 Å². The molecule has 9 heteroatoms. The van der Waals surface area contributed by atoms with Crippen LogP contribution in [0.3, 0.4) is 0 Å². The molecule has 0 atom stereocenters. The molecule has 0 heterocycles. The number of hydrogen-bond acceptors (Lipinski definition) is 5. The number of carbonyl (C=O) groups is 2. The number of nitro benzene ring substituents is 1. The maximum absolute atomic E-state index is 12.0. The Morgan fingerprint density at radius 1 is 1.04 bits per heavy atom. The second kappa shape index (κ2) is 7.63. The fraction of sp³-hybridized carbons (Fsp3) is 0.125. The highest BCUT2D eigenvalue weighted by molar-refractivity contribution is 6.44. The first-order chi connectivity index (χ1) is 11.8. The number of rotatable bonds is 4. The zero-order valence-electron chi connectivity index (χ0n) is 13.4. The van der Waals surface area contributed by atoms with E-state index in [2.05, 4.69) is 10.6 Å². The first-order valence-electron chi connectivity index (χ1n) is 7.11. The summed E-state index contributed by atoms with van der Waals surface area (Å²) in [4.78, 5) is 36.0. The Balaban J connectivity index is 2.06. The lowest BCUT2D eigenvalue weighted by Gasteiger charge is -2.13. The largest absolute Gasteiger partial charge is 0.378 e. The predicted molar refractivity (Wildman–Crippen MR) is 96.1 cm³/mol. The standard InChI is InChI=1S/C16H15ClN4O4/c1-20(2)11-5-3-10(4-6-11)18-15(22)16(23)19-14-9-12(21(24)25)7-8-13(14)17/h3-9H,1-2H3,(H,18,22)(H,19,23). The van der Waals surface area contributed by atoms with Gasteiger partial charge >= 0.3 is 11.8 Å². The van der Waals surface area contributed by atoms with E-state index in [1.807, 2.05) is 19.0 Å². The van der Waals surface area contributed by atoms with Gasteiger partial charge in [-0.2, -0.15) is 0 Å². The van der Waals surface area contributed by atoms with E-state index in [9.17, 15) is 19.7 Å². The highest BCUT2D eigenvalue weighted by Gasteiger charge is 2.17. The molecule has 2 N–H and O–H groups in total. The molecule has 0 bridgehead atoms. The number of non-ortho nitro benzene ring substituents is 1. The van der Waals surface area contributed by atoms with Crippen molar-refractivity contribution in [2.45, 2.75) is 0 Å². The van der Waals surface area contributed by atoms with Gasteiger partial charge in [0.2, 0.25) is 0 Å². The van der Waals surface area contributed by atoms with Crippen molar-refractivity contribution in [1.29, 1.82) is 0 Å². The van der Waals surface area contributed by atoms with Crippen molar-refractivity contribution >= 4 is 46.2 Å². The van der Waals surface area contributed by atoms with Crippen molar-refractivity contribution in [3.63, 3.8) is 0 Å². The summed E-state index contributed by atoms with van der Waals surface area (Å²) in [6.45, 7) is 0. The number of nitrogens with one attached hydrogen (secondary N) is 2. The van der Waals surface area contributed by atoms with Gasteiger partial charge in [0.05, 0.1) is 15.6 Å². The minimum atomic E-state index is -0.987. The summed E-state index contributed by atoms with van der Waals surface area (Å²) in [6.07, 6.45) is 0. The molecule has 25 heavy (non-hydrogen) atoms.